The van der Waals surface area contributed by atoms with Gasteiger partial charge in [0.05, 0.1) is 11.6 Å². The highest BCUT2D eigenvalue weighted by molar-refractivity contribution is 7.99. The Bertz CT molecular complexity index is 838. The number of hydrogen-bond donors (Lipinski definition) is 0. The van der Waals surface area contributed by atoms with Crippen molar-refractivity contribution in [3.8, 4) is 17.1 Å². The summed E-state index contributed by atoms with van der Waals surface area (Å²) in [6, 6.07) is 11.3. The van der Waals surface area contributed by atoms with Crippen LogP contribution in [0.5, 0.6) is 5.75 Å². The van der Waals surface area contributed by atoms with E-state index in [1.54, 1.807) is 24.2 Å². The zero-order valence-corrected chi connectivity index (χ0v) is 15.1. The summed E-state index contributed by atoms with van der Waals surface area (Å²) in [4.78, 5) is 4.04. The lowest BCUT2D eigenvalue weighted by molar-refractivity contribution is 0.344. The van der Waals surface area contributed by atoms with Crippen LogP contribution in [0.3, 0.4) is 0 Å². The predicted octanol–water partition coefficient (Wildman–Crippen LogP) is 4.35. The maximum Gasteiger partial charge on any atom is 0.191 e. The number of allylic oxidation sites excluding steroid dienone is 1. The van der Waals surface area contributed by atoms with Gasteiger partial charge in [-0.05, 0) is 24.3 Å². The van der Waals surface area contributed by atoms with Crippen molar-refractivity contribution < 1.29 is 4.74 Å². The molecule has 3 rings (SSSR count). The van der Waals surface area contributed by atoms with Crippen LogP contribution in [0.4, 0.5) is 0 Å². The first-order valence-electron chi connectivity index (χ1n) is 7.74. The predicted molar refractivity (Wildman–Crippen MR) is 101 cm³/mol. The number of para-hydroxylation sites is 1. The molecule has 0 N–H and O–H groups in total. The minimum absolute atomic E-state index is 0.528. The highest BCUT2D eigenvalue weighted by atomic mass is 35.5. The molecule has 0 saturated heterocycles. The van der Waals surface area contributed by atoms with Gasteiger partial charge in [-0.3, -0.25) is 9.55 Å². The summed E-state index contributed by atoms with van der Waals surface area (Å²) in [5, 5.41) is 10.1. The van der Waals surface area contributed by atoms with Crippen LogP contribution in [-0.2, 0) is 6.54 Å². The van der Waals surface area contributed by atoms with Crippen molar-refractivity contribution in [2.24, 2.45) is 0 Å². The third-order valence-electron chi connectivity index (χ3n) is 3.38. The Labute approximate surface area is 155 Å². The van der Waals surface area contributed by atoms with Crippen LogP contribution in [-0.4, -0.2) is 32.1 Å². The van der Waals surface area contributed by atoms with Gasteiger partial charge in [-0.1, -0.05) is 41.6 Å². The van der Waals surface area contributed by atoms with Crippen LogP contribution in [0.2, 0.25) is 5.02 Å². The van der Waals surface area contributed by atoms with Gasteiger partial charge in [0.2, 0.25) is 0 Å². The van der Waals surface area contributed by atoms with Crippen molar-refractivity contribution in [1.82, 2.24) is 19.7 Å². The van der Waals surface area contributed by atoms with Gasteiger partial charge in [-0.2, -0.15) is 0 Å². The molecule has 0 unspecified atom stereocenters. The molecule has 0 aliphatic rings. The number of aromatic nitrogens is 4. The topological polar surface area (TPSA) is 52.8 Å². The van der Waals surface area contributed by atoms with Crippen molar-refractivity contribution in [3.63, 3.8) is 0 Å². The summed E-state index contributed by atoms with van der Waals surface area (Å²) in [5.74, 6) is 2.23. The van der Waals surface area contributed by atoms with E-state index in [9.17, 15) is 0 Å². The van der Waals surface area contributed by atoms with E-state index in [-0.39, 0.29) is 0 Å². The lowest BCUT2D eigenvalue weighted by Crippen LogP contribution is -2.04. The number of benzene rings is 1. The fraction of sp³-hybridized carbons (Fsp3) is 0.167. The Morgan fingerprint density at radius 2 is 1.96 bits per heavy atom. The molecule has 5 nitrogen and oxygen atoms in total. The lowest BCUT2D eigenvalue weighted by Gasteiger charge is -2.09. The third kappa shape index (κ3) is 4.41. The number of pyridine rings is 1. The number of nitrogens with zero attached hydrogens (tertiary/aromatic N) is 4. The first kappa shape index (κ1) is 17.5. The number of halogens is 1. The molecule has 3 aromatic rings. The van der Waals surface area contributed by atoms with E-state index >= 15 is 0 Å². The molecule has 0 radical (unpaired) electrons. The zero-order chi connectivity index (χ0) is 17.5. The smallest absolute Gasteiger partial charge is 0.191 e. The summed E-state index contributed by atoms with van der Waals surface area (Å²) in [7, 11) is 0. The highest BCUT2D eigenvalue weighted by Crippen LogP contribution is 2.25. The largest absolute Gasteiger partial charge is 0.491 e. The molecule has 1 aromatic carbocycles. The van der Waals surface area contributed by atoms with Crippen LogP contribution < -0.4 is 4.74 Å². The van der Waals surface area contributed by atoms with Crippen LogP contribution >= 0.6 is 23.4 Å². The van der Waals surface area contributed by atoms with Gasteiger partial charge in [0.1, 0.15) is 5.75 Å². The number of rotatable bonds is 8. The summed E-state index contributed by atoms with van der Waals surface area (Å²) in [6.07, 6.45) is 5.32. The minimum Gasteiger partial charge on any atom is -0.491 e. The van der Waals surface area contributed by atoms with E-state index in [1.165, 1.54) is 0 Å². The Morgan fingerprint density at radius 1 is 1.16 bits per heavy atom. The van der Waals surface area contributed by atoms with Crippen LogP contribution in [0.1, 0.15) is 0 Å². The van der Waals surface area contributed by atoms with Gasteiger partial charge in [-0.15, -0.1) is 16.8 Å². The normalized spacial score (nSPS) is 10.6. The number of thioether (sulfide) groups is 1. The Morgan fingerprint density at radius 3 is 2.72 bits per heavy atom. The number of ether oxygens (including phenoxy) is 1. The molecule has 0 fully saturated rings. The summed E-state index contributed by atoms with van der Waals surface area (Å²) in [5.41, 5.74) is 0.975. The van der Waals surface area contributed by atoms with Crippen molar-refractivity contribution in [1.29, 1.82) is 0 Å². The van der Waals surface area contributed by atoms with Gasteiger partial charge in [-0.25, -0.2) is 0 Å². The first-order valence-corrected chi connectivity index (χ1v) is 9.10. The second-order valence-electron chi connectivity index (χ2n) is 5.07. The van der Waals surface area contributed by atoms with Crippen LogP contribution in [0, 0.1) is 0 Å². The second kappa shape index (κ2) is 8.69. The van der Waals surface area contributed by atoms with E-state index < -0.39 is 0 Å². The quantitative estimate of drug-likeness (QED) is 0.334. The summed E-state index contributed by atoms with van der Waals surface area (Å²) < 4.78 is 7.74. The van der Waals surface area contributed by atoms with Crippen molar-refractivity contribution in [2.75, 3.05) is 12.4 Å². The van der Waals surface area contributed by atoms with Crippen molar-refractivity contribution in [3.05, 3.63) is 66.5 Å². The molecule has 128 valence electrons. The van der Waals surface area contributed by atoms with E-state index in [0.29, 0.717) is 23.9 Å². The molecule has 2 aromatic heterocycles. The van der Waals surface area contributed by atoms with E-state index in [0.717, 1.165) is 22.3 Å². The number of hydrogen-bond acceptors (Lipinski definition) is 5. The Kier molecular flexibility index (Phi) is 6.09. The van der Waals surface area contributed by atoms with Gasteiger partial charge < -0.3 is 4.74 Å². The molecule has 0 aliphatic carbocycles. The molecule has 25 heavy (non-hydrogen) atoms. The van der Waals surface area contributed by atoms with Crippen LogP contribution in [0.25, 0.3) is 11.4 Å². The molecule has 0 saturated carbocycles. The van der Waals surface area contributed by atoms with Crippen molar-refractivity contribution >= 4 is 23.4 Å². The fourth-order valence-corrected chi connectivity index (χ4v) is 3.20. The molecule has 0 spiro atoms. The lowest BCUT2D eigenvalue weighted by atomic mass is 10.2. The summed E-state index contributed by atoms with van der Waals surface area (Å²) in [6.45, 7) is 4.98. The van der Waals surface area contributed by atoms with Crippen LogP contribution in [0.15, 0.2) is 66.6 Å². The molecular formula is C18H17ClN4OS. The molecular weight excluding hydrogens is 356 g/mol. The summed E-state index contributed by atoms with van der Waals surface area (Å²) >= 11 is 7.67. The average Bonchev–Trinajstić information content (AvgIpc) is 3.04. The SMILES string of the molecule is C=CCn1c(SCCOc2ccccc2Cl)nnc1-c1ccncc1. The molecule has 0 aliphatic heterocycles. The van der Waals surface area contributed by atoms with Gasteiger partial charge in [0.15, 0.2) is 11.0 Å². The molecule has 0 amide bonds. The van der Waals surface area contributed by atoms with Gasteiger partial charge >= 0.3 is 0 Å². The molecule has 0 atom stereocenters. The molecule has 7 heteroatoms. The Hall–Kier alpha value is -2.31. The van der Waals surface area contributed by atoms with E-state index in [4.69, 9.17) is 16.3 Å². The Balaban J connectivity index is 1.65. The van der Waals surface area contributed by atoms with E-state index in [1.807, 2.05) is 47.0 Å². The monoisotopic (exact) mass is 372 g/mol. The minimum atomic E-state index is 0.528. The standard InChI is InChI=1S/C18H17ClN4OS/c1-2-11-23-17(14-7-9-20-10-8-14)21-22-18(23)25-13-12-24-16-6-4-3-5-15(16)19/h2-10H,1,11-13H2. The molecule has 0 bridgehead atoms. The zero-order valence-electron chi connectivity index (χ0n) is 13.5. The average molecular weight is 373 g/mol. The molecule has 2 heterocycles. The fourth-order valence-electron chi connectivity index (χ4n) is 2.25. The van der Waals surface area contributed by atoms with Crippen molar-refractivity contribution in [2.45, 2.75) is 11.7 Å². The van der Waals surface area contributed by atoms with Gasteiger partial charge in [0, 0.05) is 30.3 Å². The van der Waals surface area contributed by atoms with Gasteiger partial charge in [0.25, 0.3) is 0 Å². The maximum atomic E-state index is 6.08. The maximum absolute atomic E-state index is 6.08. The first-order chi connectivity index (χ1) is 12.3. The highest BCUT2D eigenvalue weighted by Gasteiger charge is 2.13. The van der Waals surface area contributed by atoms with E-state index in [2.05, 4.69) is 21.8 Å². The third-order valence-corrected chi connectivity index (χ3v) is 4.62. The second-order valence-corrected chi connectivity index (χ2v) is 6.54.